The number of hydrogen-bond acceptors (Lipinski definition) is 5. The van der Waals surface area contributed by atoms with Gasteiger partial charge in [0.05, 0.1) is 9.85 Å². The van der Waals surface area contributed by atoms with E-state index in [1.807, 2.05) is 24.3 Å². The van der Waals surface area contributed by atoms with E-state index in [0.717, 1.165) is 75.3 Å². The molecule has 0 amide bonds. The lowest BCUT2D eigenvalue weighted by Crippen LogP contribution is -2.07. The van der Waals surface area contributed by atoms with Crippen molar-refractivity contribution < 1.29 is 14.6 Å². The van der Waals surface area contributed by atoms with Gasteiger partial charge in [-0.15, -0.1) is 0 Å². The van der Waals surface area contributed by atoms with Crippen LogP contribution in [0, 0.1) is 20.2 Å². The van der Waals surface area contributed by atoms with E-state index in [1.165, 1.54) is 0 Å². The summed E-state index contributed by atoms with van der Waals surface area (Å²) in [4.78, 5) is 22.4. The van der Waals surface area contributed by atoms with Crippen molar-refractivity contribution in [2.45, 2.75) is 89.9 Å². The molecule has 35 heavy (non-hydrogen) atoms. The highest BCUT2D eigenvalue weighted by Gasteiger charge is 2.22. The van der Waals surface area contributed by atoms with Crippen LogP contribution in [0.2, 0.25) is 0 Å². The Hall–Kier alpha value is -2.80. The van der Waals surface area contributed by atoms with Gasteiger partial charge in [0.2, 0.25) is 0 Å². The van der Waals surface area contributed by atoms with Gasteiger partial charge >= 0.3 is 0 Å². The van der Waals surface area contributed by atoms with Gasteiger partial charge < -0.3 is 4.74 Å². The SMILES string of the molecule is CCCCC(CCCOCCCC(CCCC)c1ccccc1[N+](=O)[O-])c1ccccc1[N+](=O)[O-]. The van der Waals surface area contributed by atoms with Gasteiger partial charge in [-0.05, 0) is 50.4 Å². The average Bonchev–Trinajstić information content (AvgIpc) is 2.87. The maximum atomic E-state index is 11.5. The molecule has 2 atom stereocenters. The molecule has 0 saturated carbocycles. The van der Waals surface area contributed by atoms with Crippen LogP contribution in [-0.4, -0.2) is 23.1 Å². The molecule has 0 saturated heterocycles. The van der Waals surface area contributed by atoms with E-state index in [-0.39, 0.29) is 33.1 Å². The molecule has 0 aromatic heterocycles. The first-order valence-electron chi connectivity index (χ1n) is 13.0. The molecule has 2 aromatic rings. The summed E-state index contributed by atoms with van der Waals surface area (Å²) < 4.78 is 5.90. The second-order valence-electron chi connectivity index (χ2n) is 9.21. The molecule has 2 unspecified atom stereocenters. The van der Waals surface area contributed by atoms with Gasteiger partial charge in [0.25, 0.3) is 11.4 Å². The molecule has 0 heterocycles. The molecule has 192 valence electrons. The van der Waals surface area contributed by atoms with Crippen molar-refractivity contribution in [1.82, 2.24) is 0 Å². The number of ether oxygens (including phenoxy) is 1. The highest BCUT2D eigenvalue weighted by molar-refractivity contribution is 5.43. The Morgan fingerprint density at radius 2 is 1.03 bits per heavy atom. The molecule has 0 N–H and O–H groups in total. The molecule has 0 spiro atoms. The molecular formula is C28H40N2O5. The van der Waals surface area contributed by atoms with Crippen molar-refractivity contribution in [2.24, 2.45) is 0 Å². The molecular weight excluding hydrogens is 444 g/mol. The number of nitro groups is 2. The summed E-state index contributed by atoms with van der Waals surface area (Å²) in [5.74, 6) is 0.328. The first-order valence-corrected chi connectivity index (χ1v) is 13.0. The largest absolute Gasteiger partial charge is 0.381 e. The molecule has 0 aliphatic rings. The van der Waals surface area contributed by atoms with Crippen molar-refractivity contribution in [3.8, 4) is 0 Å². The fourth-order valence-electron chi connectivity index (χ4n) is 4.78. The summed E-state index contributed by atoms with van der Waals surface area (Å²) in [7, 11) is 0. The number of nitrogens with zero attached hydrogens (tertiary/aromatic N) is 2. The third kappa shape index (κ3) is 9.40. The predicted octanol–water partition coefficient (Wildman–Crippen LogP) is 8.33. The Morgan fingerprint density at radius 3 is 1.40 bits per heavy atom. The molecule has 7 heteroatoms. The summed E-state index contributed by atoms with van der Waals surface area (Å²) in [6, 6.07) is 14.2. The monoisotopic (exact) mass is 484 g/mol. The normalized spacial score (nSPS) is 12.9. The predicted molar refractivity (Wildman–Crippen MR) is 140 cm³/mol. The summed E-state index contributed by atoms with van der Waals surface area (Å²) in [5, 5.41) is 22.9. The molecule has 0 bridgehead atoms. The highest BCUT2D eigenvalue weighted by Crippen LogP contribution is 2.34. The van der Waals surface area contributed by atoms with Gasteiger partial charge in [0.1, 0.15) is 0 Å². The quantitative estimate of drug-likeness (QED) is 0.120. The molecule has 0 fully saturated rings. The van der Waals surface area contributed by atoms with Crippen LogP contribution in [0.25, 0.3) is 0 Å². The molecule has 0 radical (unpaired) electrons. The number of hydrogen-bond donors (Lipinski definition) is 0. The summed E-state index contributed by atoms with van der Waals surface area (Å²) in [6.07, 6.45) is 9.52. The highest BCUT2D eigenvalue weighted by atomic mass is 16.6. The van der Waals surface area contributed by atoms with Crippen molar-refractivity contribution in [2.75, 3.05) is 13.2 Å². The number of rotatable bonds is 18. The first-order chi connectivity index (χ1) is 17.0. The van der Waals surface area contributed by atoms with E-state index in [9.17, 15) is 20.2 Å². The summed E-state index contributed by atoms with van der Waals surface area (Å²) >= 11 is 0. The lowest BCUT2D eigenvalue weighted by atomic mass is 9.88. The second-order valence-corrected chi connectivity index (χ2v) is 9.21. The topological polar surface area (TPSA) is 95.5 Å². The molecule has 2 aromatic carbocycles. The van der Waals surface area contributed by atoms with E-state index in [2.05, 4.69) is 13.8 Å². The molecule has 7 nitrogen and oxygen atoms in total. The minimum absolute atomic E-state index is 0.164. The van der Waals surface area contributed by atoms with Crippen LogP contribution >= 0.6 is 0 Å². The van der Waals surface area contributed by atoms with E-state index >= 15 is 0 Å². The van der Waals surface area contributed by atoms with Crippen LogP contribution in [0.5, 0.6) is 0 Å². The van der Waals surface area contributed by atoms with Gasteiger partial charge in [-0.25, -0.2) is 0 Å². The van der Waals surface area contributed by atoms with Gasteiger partial charge in [-0.2, -0.15) is 0 Å². The molecule has 2 rings (SSSR count). The van der Waals surface area contributed by atoms with E-state index in [4.69, 9.17) is 4.74 Å². The Kier molecular flexibility index (Phi) is 13.0. The Labute approximate surface area is 209 Å². The zero-order valence-electron chi connectivity index (χ0n) is 21.2. The minimum atomic E-state index is -0.281. The Balaban J connectivity index is 1.84. The number of para-hydroxylation sites is 2. The maximum absolute atomic E-state index is 11.5. The smallest absolute Gasteiger partial charge is 0.272 e. The second kappa shape index (κ2) is 16.0. The van der Waals surface area contributed by atoms with Crippen LogP contribution in [0.3, 0.4) is 0 Å². The van der Waals surface area contributed by atoms with Crippen LogP contribution in [-0.2, 0) is 4.74 Å². The zero-order chi connectivity index (χ0) is 25.5. The number of nitro benzene ring substituents is 2. The van der Waals surface area contributed by atoms with Crippen LogP contribution < -0.4 is 0 Å². The lowest BCUT2D eigenvalue weighted by Gasteiger charge is -2.18. The fourth-order valence-corrected chi connectivity index (χ4v) is 4.78. The van der Waals surface area contributed by atoms with Crippen molar-refractivity contribution in [1.29, 1.82) is 0 Å². The standard InChI is InChI=1S/C28H40N2O5/c1-3-5-13-23(25-17-7-9-19-27(25)29(31)32)15-11-21-35-22-12-16-24(14-6-4-2)26-18-8-10-20-28(26)30(33)34/h7-10,17-20,23-24H,3-6,11-16,21-22H2,1-2H3. The first kappa shape index (κ1) is 28.4. The molecule has 0 aliphatic heterocycles. The van der Waals surface area contributed by atoms with Crippen LogP contribution in [0.15, 0.2) is 48.5 Å². The summed E-state index contributed by atoms with van der Waals surface area (Å²) in [6.45, 7) is 5.51. The Morgan fingerprint density at radius 1 is 0.657 bits per heavy atom. The van der Waals surface area contributed by atoms with E-state index in [1.54, 1.807) is 24.3 Å². The van der Waals surface area contributed by atoms with Crippen molar-refractivity contribution >= 4 is 11.4 Å². The number of unbranched alkanes of at least 4 members (excludes halogenated alkanes) is 2. The van der Waals surface area contributed by atoms with E-state index < -0.39 is 0 Å². The third-order valence-electron chi connectivity index (χ3n) is 6.64. The van der Waals surface area contributed by atoms with Gasteiger partial charge in [-0.1, -0.05) is 75.9 Å². The van der Waals surface area contributed by atoms with Crippen LogP contribution in [0.1, 0.15) is 101 Å². The van der Waals surface area contributed by atoms with Crippen molar-refractivity contribution in [3.05, 3.63) is 79.9 Å². The maximum Gasteiger partial charge on any atom is 0.272 e. The zero-order valence-corrected chi connectivity index (χ0v) is 21.2. The fraction of sp³-hybridized carbons (Fsp3) is 0.571. The number of benzene rings is 2. The van der Waals surface area contributed by atoms with E-state index in [0.29, 0.717) is 13.2 Å². The van der Waals surface area contributed by atoms with Gasteiger partial charge in [-0.3, -0.25) is 20.2 Å². The minimum Gasteiger partial charge on any atom is -0.381 e. The van der Waals surface area contributed by atoms with Gasteiger partial charge in [0, 0.05) is 36.5 Å². The third-order valence-corrected chi connectivity index (χ3v) is 6.64. The average molecular weight is 485 g/mol. The Bertz CT molecular complexity index is 844. The van der Waals surface area contributed by atoms with Crippen LogP contribution in [0.4, 0.5) is 11.4 Å². The lowest BCUT2D eigenvalue weighted by molar-refractivity contribution is -0.385. The van der Waals surface area contributed by atoms with Crippen molar-refractivity contribution in [3.63, 3.8) is 0 Å². The summed E-state index contributed by atoms with van der Waals surface area (Å²) in [5.41, 5.74) is 2.08. The molecule has 0 aliphatic carbocycles. The van der Waals surface area contributed by atoms with Gasteiger partial charge in [0.15, 0.2) is 0 Å².